The molecule has 0 spiro atoms. The number of nitrogens with one attached hydrogen (secondary N) is 1. The molecule has 1 unspecified atom stereocenters. The van der Waals surface area contributed by atoms with Gasteiger partial charge in [0.2, 0.25) is 5.91 Å². The Balaban J connectivity index is 2.76. The maximum atomic E-state index is 11.8. The van der Waals surface area contributed by atoms with E-state index in [1.807, 2.05) is 0 Å². The van der Waals surface area contributed by atoms with Gasteiger partial charge < -0.3 is 10.2 Å². The van der Waals surface area contributed by atoms with Crippen LogP contribution in [-0.4, -0.2) is 41.8 Å². The number of rotatable bonds is 3. The number of nitrogens with zero attached hydrogens (tertiary/aromatic N) is 2. The second-order valence-corrected chi connectivity index (χ2v) is 4.69. The Labute approximate surface area is 115 Å². The lowest BCUT2D eigenvalue weighted by molar-refractivity contribution is -0.130. The third kappa shape index (κ3) is 3.58. The van der Waals surface area contributed by atoms with E-state index in [2.05, 4.69) is 10.3 Å². The minimum atomic E-state index is -0.623. The summed E-state index contributed by atoms with van der Waals surface area (Å²) >= 11 is 11.4. The van der Waals surface area contributed by atoms with Crippen LogP contribution >= 0.6 is 23.2 Å². The highest BCUT2D eigenvalue weighted by Crippen LogP contribution is 2.19. The fourth-order valence-corrected chi connectivity index (χ4v) is 1.54. The van der Waals surface area contributed by atoms with Crippen LogP contribution in [0.1, 0.15) is 17.3 Å². The predicted molar refractivity (Wildman–Crippen MR) is 69.9 cm³/mol. The quantitative estimate of drug-likeness (QED) is 0.860. The summed E-state index contributed by atoms with van der Waals surface area (Å²) in [5.74, 6) is -0.625. The molecule has 98 valence electrons. The molecule has 7 heteroatoms. The molecule has 0 aliphatic carbocycles. The fourth-order valence-electron chi connectivity index (χ4n) is 1.27. The van der Waals surface area contributed by atoms with E-state index in [1.165, 1.54) is 17.2 Å². The third-order valence-corrected chi connectivity index (χ3v) is 2.90. The molecule has 0 bridgehead atoms. The first-order chi connectivity index (χ1) is 8.32. The smallest absolute Gasteiger partial charge is 0.253 e. The van der Waals surface area contributed by atoms with E-state index in [0.717, 1.165) is 0 Å². The van der Waals surface area contributed by atoms with E-state index >= 15 is 0 Å². The Kier molecular flexibility index (Phi) is 4.93. The van der Waals surface area contributed by atoms with Gasteiger partial charge in [0.15, 0.2) is 0 Å². The van der Waals surface area contributed by atoms with Crippen LogP contribution in [0.15, 0.2) is 12.3 Å². The molecule has 0 saturated carbocycles. The van der Waals surface area contributed by atoms with Crippen LogP contribution in [0.4, 0.5) is 0 Å². The number of likely N-dealkylation sites (N-methyl/N-ethyl adjacent to an activating group) is 1. The zero-order chi connectivity index (χ0) is 13.9. The predicted octanol–water partition coefficient (Wildman–Crippen LogP) is 1.59. The first kappa shape index (κ1) is 14.7. The van der Waals surface area contributed by atoms with Crippen LogP contribution in [-0.2, 0) is 4.79 Å². The Hall–Kier alpha value is -1.33. The molecule has 0 aliphatic rings. The number of hydrogen-bond donors (Lipinski definition) is 1. The van der Waals surface area contributed by atoms with Gasteiger partial charge in [0.25, 0.3) is 5.91 Å². The third-order valence-electron chi connectivity index (χ3n) is 2.22. The van der Waals surface area contributed by atoms with Crippen LogP contribution in [0, 0.1) is 0 Å². The van der Waals surface area contributed by atoms with E-state index in [4.69, 9.17) is 23.2 Å². The second kappa shape index (κ2) is 6.02. The summed E-state index contributed by atoms with van der Waals surface area (Å²) in [6.07, 6.45) is 1.30. The average molecular weight is 290 g/mol. The summed E-state index contributed by atoms with van der Waals surface area (Å²) in [7, 11) is 3.23. The average Bonchev–Trinajstić information content (AvgIpc) is 2.31. The lowest BCUT2D eigenvalue weighted by Gasteiger charge is -2.17. The van der Waals surface area contributed by atoms with Gasteiger partial charge in [0.1, 0.15) is 11.2 Å². The molecule has 1 N–H and O–H groups in total. The standard InChI is InChI=1S/C11H13Cl2N3O2/c1-6(11(18)16(2)3)15-10(17)7-4-8(12)9(13)14-5-7/h4-6H,1-3H3,(H,15,17). The monoisotopic (exact) mass is 289 g/mol. The van der Waals surface area contributed by atoms with E-state index < -0.39 is 11.9 Å². The van der Waals surface area contributed by atoms with Gasteiger partial charge in [-0.3, -0.25) is 9.59 Å². The molecule has 0 aliphatic heterocycles. The molecule has 0 radical (unpaired) electrons. The topological polar surface area (TPSA) is 62.3 Å². The number of pyridine rings is 1. The maximum Gasteiger partial charge on any atom is 0.253 e. The van der Waals surface area contributed by atoms with Crippen molar-refractivity contribution in [3.05, 3.63) is 28.0 Å². The molecule has 2 amide bonds. The summed E-state index contributed by atoms with van der Waals surface area (Å²) in [4.78, 5) is 28.6. The Morgan fingerprint density at radius 1 is 1.39 bits per heavy atom. The molecule has 0 saturated heterocycles. The molecule has 0 fully saturated rings. The molecule has 1 atom stereocenters. The zero-order valence-electron chi connectivity index (χ0n) is 10.2. The lowest BCUT2D eigenvalue weighted by Crippen LogP contribution is -2.44. The summed E-state index contributed by atoms with van der Waals surface area (Å²) in [5, 5.41) is 2.87. The van der Waals surface area contributed by atoms with Gasteiger partial charge in [-0.25, -0.2) is 4.98 Å². The number of carbonyl (C=O) groups is 2. The van der Waals surface area contributed by atoms with Crippen molar-refractivity contribution < 1.29 is 9.59 Å². The van der Waals surface area contributed by atoms with Gasteiger partial charge in [0.05, 0.1) is 10.6 Å². The minimum Gasteiger partial charge on any atom is -0.347 e. The summed E-state index contributed by atoms with van der Waals surface area (Å²) in [6.45, 7) is 1.60. The Morgan fingerprint density at radius 3 is 2.50 bits per heavy atom. The molecule has 1 rings (SSSR count). The van der Waals surface area contributed by atoms with Crippen molar-refractivity contribution in [1.82, 2.24) is 15.2 Å². The molecule has 1 aromatic rings. The van der Waals surface area contributed by atoms with Crippen LogP contribution in [0.5, 0.6) is 0 Å². The SMILES string of the molecule is CC(NC(=O)c1cnc(Cl)c(Cl)c1)C(=O)N(C)C. The number of amides is 2. The van der Waals surface area contributed by atoms with Gasteiger partial charge >= 0.3 is 0 Å². The highest BCUT2D eigenvalue weighted by Gasteiger charge is 2.18. The summed E-state index contributed by atoms with van der Waals surface area (Å²) in [5.41, 5.74) is 0.253. The molecule has 1 heterocycles. The number of hydrogen-bond acceptors (Lipinski definition) is 3. The van der Waals surface area contributed by atoms with E-state index in [9.17, 15) is 9.59 Å². The van der Waals surface area contributed by atoms with Gasteiger partial charge in [-0.1, -0.05) is 23.2 Å². The zero-order valence-corrected chi connectivity index (χ0v) is 11.7. The van der Waals surface area contributed by atoms with Crippen LogP contribution in [0.25, 0.3) is 0 Å². The first-order valence-electron chi connectivity index (χ1n) is 5.16. The molecule has 18 heavy (non-hydrogen) atoms. The highest BCUT2D eigenvalue weighted by atomic mass is 35.5. The largest absolute Gasteiger partial charge is 0.347 e. The lowest BCUT2D eigenvalue weighted by atomic mass is 10.2. The Bertz CT molecular complexity index is 477. The van der Waals surface area contributed by atoms with E-state index in [1.54, 1.807) is 21.0 Å². The van der Waals surface area contributed by atoms with E-state index in [0.29, 0.717) is 0 Å². The van der Waals surface area contributed by atoms with Crippen molar-refractivity contribution in [1.29, 1.82) is 0 Å². The summed E-state index contributed by atoms with van der Waals surface area (Å²) < 4.78 is 0. The van der Waals surface area contributed by atoms with E-state index in [-0.39, 0.29) is 21.6 Å². The first-order valence-corrected chi connectivity index (χ1v) is 5.91. The fraction of sp³-hybridized carbons (Fsp3) is 0.364. The Morgan fingerprint density at radius 2 is 2.00 bits per heavy atom. The van der Waals surface area contributed by atoms with Crippen molar-refractivity contribution in [2.75, 3.05) is 14.1 Å². The van der Waals surface area contributed by atoms with Gasteiger partial charge in [-0.05, 0) is 13.0 Å². The van der Waals surface area contributed by atoms with Crippen LogP contribution in [0.3, 0.4) is 0 Å². The molecular weight excluding hydrogens is 277 g/mol. The van der Waals surface area contributed by atoms with Crippen LogP contribution < -0.4 is 5.32 Å². The normalized spacial score (nSPS) is 11.8. The minimum absolute atomic E-state index is 0.130. The van der Waals surface area contributed by atoms with Crippen molar-refractivity contribution >= 4 is 35.0 Å². The molecular formula is C11H13Cl2N3O2. The van der Waals surface area contributed by atoms with Crippen molar-refractivity contribution in [2.45, 2.75) is 13.0 Å². The number of aromatic nitrogens is 1. The van der Waals surface area contributed by atoms with Crippen molar-refractivity contribution in [3.8, 4) is 0 Å². The molecule has 0 aromatic carbocycles. The molecule has 1 aromatic heterocycles. The number of halogens is 2. The summed E-state index contributed by atoms with van der Waals surface area (Å²) in [6, 6.07) is 0.779. The van der Waals surface area contributed by atoms with Crippen molar-refractivity contribution in [3.63, 3.8) is 0 Å². The van der Waals surface area contributed by atoms with Crippen LogP contribution in [0.2, 0.25) is 10.2 Å². The highest BCUT2D eigenvalue weighted by molar-refractivity contribution is 6.41. The second-order valence-electron chi connectivity index (χ2n) is 3.92. The number of carbonyl (C=O) groups excluding carboxylic acids is 2. The molecule has 5 nitrogen and oxygen atoms in total. The van der Waals surface area contributed by atoms with Gasteiger partial charge in [-0.2, -0.15) is 0 Å². The van der Waals surface area contributed by atoms with Crippen molar-refractivity contribution in [2.24, 2.45) is 0 Å². The van der Waals surface area contributed by atoms with Gasteiger partial charge in [0, 0.05) is 20.3 Å². The van der Waals surface area contributed by atoms with Gasteiger partial charge in [-0.15, -0.1) is 0 Å². The maximum absolute atomic E-state index is 11.8.